The number of imidazole rings is 1. The summed E-state index contributed by atoms with van der Waals surface area (Å²) in [6.45, 7) is 6.40. The van der Waals surface area contributed by atoms with Gasteiger partial charge in [0, 0.05) is 37.8 Å². The summed E-state index contributed by atoms with van der Waals surface area (Å²) >= 11 is 0. The summed E-state index contributed by atoms with van der Waals surface area (Å²) in [5, 5.41) is 34.2. The first-order chi connectivity index (χ1) is 31.2. The van der Waals surface area contributed by atoms with Crippen LogP contribution in [0.25, 0.3) is 0 Å². The highest BCUT2D eigenvalue weighted by Gasteiger charge is 2.40. The lowest BCUT2D eigenvalue weighted by molar-refractivity contribution is -0.145. The summed E-state index contributed by atoms with van der Waals surface area (Å²) in [6, 6.07) is -1.29. The lowest BCUT2D eigenvalue weighted by atomic mass is 9.97. The molecule has 0 saturated carbocycles. The van der Waals surface area contributed by atoms with E-state index in [4.69, 9.17) is 22.3 Å². The van der Waals surface area contributed by atoms with Crippen molar-refractivity contribution in [3.63, 3.8) is 0 Å². The van der Waals surface area contributed by atoms with Crippen molar-refractivity contribution >= 4 is 59.2 Å². The van der Waals surface area contributed by atoms with Gasteiger partial charge in [0.05, 0.1) is 18.8 Å². The van der Waals surface area contributed by atoms with Gasteiger partial charge >= 0.3 is 11.9 Å². The van der Waals surface area contributed by atoms with Crippen LogP contribution in [0.3, 0.4) is 0 Å². The number of rotatable bonds is 26. The summed E-state index contributed by atoms with van der Waals surface area (Å²) in [4.78, 5) is 130. The number of nitrogens with two attached hydrogens (primary N) is 3. The smallest absolute Gasteiger partial charge is 0.326 e. The molecule has 0 unspecified atom stereocenters. The molecule has 0 bridgehead atoms. The Hall–Kier alpha value is -7.11. The predicted molar refractivity (Wildman–Crippen MR) is 237 cm³/mol. The maximum absolute atomic E-state index is 14.3. The predicted octanol–water partition coefficient (Wildman–Crippen LogP) is -2.88. The number of amides is 7. The van der Waals surface area contributed by atoms with Crippen molar-refractivity contribution < 1.29 is 53.4 Å². The average molecular weight is 926 g/mol. The van der Waals surface area contributed by atoms with Crippen LogP contribution in [0.1, 0.15) is 77.5 Å². The van der Waals surface area contributed by atoms with E-state index in [0.29, 0.717) is 24.1 Å². The molecule has 0 radical (unpaired) electrons. The number of nitrogens with one attached hydrogen (secondary N) is 7. The van der Waals surface area contributed by atoms with Gasteiger partial charge in [0.2, 0.25) is 41.4 Å². The quantitative estimate of drug-likeness (QED) is 0.0256. The van der Waals surface area contributed by atoms with E-state index in [1.807, 2.05) is 0 Å². The van der Waals surface area contributed by atoms with Gasteiger partial charge in [-0.15, -0.1) is 0 Å². The normalized spacial score (nSPS) is 16.9. The molecule has 1 saturated heterocycles. The Labute approximate surface area is 381 Å². The lowest BCUT2D eigenvalue weighted by Crippen LogP contribution is -2.60. The monoisotopic (exact) mass is 925 g/mol. The van der Waals surface area contributed by atoms with Gasteiger partial charge in [-0.2, -0.15) is 0 Å². The zero-order valence-electron chi connectivity index (χ0n) is 37.5. The van der Waals surface area contributed by atoms with Crippen molar-refractivity contribution in [2.45, 2.75) is 127 Å². The summed E-state index contributed by atoms with van der Waals surface area (Å²) < 4.78 is 0. The van der Waals surface area contributed by atoms with Crippen molar-refractivity contribution in [1.82, 2.24) is 46.8 Å². The molecule has 1 aromatic carbocycles. The number of H-pyrrole nitrogens is 1. The third-order valence-electron chi connectivity index (χ3n) is 10.9. The Morgan fingerprint density at radius 1 is 0.818 bits per heavy atom. The molecular formula is C42H63N13O11. The molecule has 362 valence electrons. The second-order valence-corrected chi connectivity index (χ2v) is 16.2. The van der Waals surface area contributed by atoms with E-state index in [2.05, 4.69) is 46.9 Å². The van der Waals surface area contributed by atoms with Crippen LogP contribution in [0, 0.1) is 5.92 Å². The molecule has 0 aliphatic carbocycles. The third-order valence-corrected chi connectivity index (χ3v) is 10.9. The number of hydrogen-bond donors (Lipinski definition) is 12. The topological polar surface area (TPSA) is 389 Å². The first-order valence-electron chi connectivity index (χ1n) is 21.6. The Morgan fingerprint density at radius 2 is 1.45 bits per heavy atom. The molecule has 0 spiro atoms. The van der Waals surface area contributed by atoms with E-state index < -0.39 is 114 Å². The van der Waals surface area contributed by atoms with E-state index in [-0.39, 0.29) is 51.2 Å². The van der Waals surface area contributed by atoms with Crippen LogP contribution in [0.15, 0.2) is 47.8 Å². The van der Waals surface area contributed by atoms with Crippen molar-refractivity contribution in [1.29, 1.82) is 0 Å². The minimum atomic E-state index is -1.47. The molecule has 15 N–H and O–H groups in total. The number of aromatic amines is 1. The Kier molecular flexibility index (Phi) is 21.0. The van der Waals surface area contributed by atoms with Crippen LogP contribution in [-0.2, 0) is 56.0 Å². The molecule has 3 rings (SSSR count). The summed E-state index contributed by atoms with van der Waals surface area (Å²) in [6.07, 6.45) is 3.35. The highest BCUT2D eigenvalue weighted by Crippen LogP contribution is 2.21. The van der Waals surface area contributed by atoms with Crippen LogP contribution >= 0.6 is 0 Å². The number of aliphatic carboxylic acids is 2. The van der Waals surface area contributed by atoms with E-state index >= 15 is 0 Å². The van der Waals surface area contributed by atoms with Crippen molar-refractivity contribution in [2.75, 3.05) is 13.1 Å². The number of nitrogens with zero attached hydrogens (tertiary/aromatic N) is 3. The van der Waals surface area contributed by atoms with Crippen LogP contribution in [0.2, 0.25) is 0 Å². The van der Waals surface area contributed by atoms with Gasteiger partial charge in [0.15, 0.2) is 5.96 Å². The first kappa shape index (κ1) is 53.2. The SMILES string of the molecule is CC[C@H](C)[C@H](NC(=O)[C@H](C)NC(=O)[C@H](C)NC(=O)[C@H](CCCN=C(N)N)NC(=O)[C@@H](N)CC(=O)O)C(=O)N[C@@H](Cc1cnc[nH]1)C(=O)N1CCC[C@H]1C(=O)N[C@@H](Cc1ccccc1)C(=O)O. The van der Waals surface area contributed by atoms with Gasteiger partial charge in [0.1, 0.15) is 42.3 Å². The fraction of sp³-hybridized carbons (Fsp3) is 0.548. The molecule has 1 aliphatic rings. The summed E-state index contributed by atoms with van der Waals surface area (Å²) in [5.74, 6) is -8.63. The van der Waals surface area contributed by atoms with Crippen LogP contribution in [-0.4, -0.2) is 146 Å². The molecule has 1 aromatic heterocycles. The van der Waals surface area contributed by atoms with Gasteiger partial charge in [-0.25, -0.2) is 9.78 Å². The maximum atomic E-state index is 14.3. The van der Waals surface area contributed by atoms with Crippen LogP contribution in [0.5, 0.6) is 0 Å². The standard InChI is InChI=1S/C42H63N13O11/c1-5-22(2)33(54-35(59)24(4)49-34(58)23(3)50-37(61)28(13-9-15-47-42(44)45)51-36(60)27(43)19-32(56)57)39(63)52-29(18-26-20-46-21-48-26)40(64)55-16-10-14-31(55)38(62)53-30(41(65)66)17-25-11-7-6-8-12-25/h6-8,11-12,20-24,27-31,33H,5,9-10,13-19,43H2,1-4H3,(H,46,48)(H,49,58)(H,50,61)(H,51,60)(H,52,63)(H,53,62)(H,54,59)(H,56,57)(H,65,66)(H4,44,45,47)/t22-,23-,24-,27-,28-,29-,30-,31-,33-/m0/s1. The van der Waals surface area contributed by atoms with E-state index in [0.717, 1.165) is 0 Å². The average Bonchev–Trinajstić information content (AvgIpc) is 3.98. The van der Waals surface area contributed by atoms with Gasteiger partial charge in [0.25, 0.3) is 0 Å². The van der Waals surface area contributed by atoms with Crippen LogP contribution < -0.4 is 49.1 Å². The van der Waals surface area contributed by atoms with Gasteiger partial charge in [-0.1, -0.05) is 50.6 Å². The summed E-state index contributed by atoms with van der Waals surface area (Å²) in [5.41, 5.74) is 17.5. The van der Waals surface area contributed by atoms with Crippen molar-refractivity contribution in [2.24, 2.45) is 28.1 Å². The number of carbonyl (C=O) groups excluding carboxylic acids is 7. The van der Waals surface area contributed by atoms with Gasteiger partial charge in [-0.05, 0) is 51.0 Å². The van der Waals surface area contributed by atoms with Gasteiger partial charge < -0.3 is 69.2 Å². The number of guanidine groups is 1. The minimum Gasteiger partial charge on any atom is -0.481 e. The second kappa shape index (κ2) is 26.0. The fourth-order valence-corrected chi connectivity index (χ4v) is 6.99. The number of hydrogen-bond acceptors (Lipinski definition) is 12. The Balaban J connectivity index is 1.71. The zero-order chi connectivity index (χ0) is 49.1. The molecule has 1 fully saturated rings. The number of aromatic nitrogens is 2. The summed E-state index contributed by atoms with van der Waals surface area (Å²) in [7, 11) is 0. The van der Waals surface area contributed by atoms with Crippen LogP contribution in [0.4, 0.5) is 0 Å². The Bertz CT molecular complexity index is 2030. The number of carboxylic acids is 2. The van der Waals surface area contributed by atoms with Gasteiger partial charge in [-0.3, -0.25) is 43.3 Å². The highest BCUT2D eigenvalue weighted by molar-refractivity contribution is 5.98. The molecule has 24 heteroatoms. The number of aliphatic imine (C=N–C) groups is 1. The molecule has 2 aromatic rings. The van der Waals surface area contributed by atoms with Crippen molar-refractivity contribution in [3.8, 4) is 0 Å². The van der Waals surface area contributed by atoms with E-state index in [1.54, 1.807) is 44.2 Å². The molecular weight excluding hydrogens is 863 g/mol. The van der Waals surface area contributed by atoms with E-state index in [1.165, 1.54) is 31.3 Å². The second-order valence-electron chi connectivity index (χ2n) is 16.2. The highest BCUT2D eigenvalue weighted by atomic mass is 16.4. The van der Waals surface area contributed by atoms with E-state index in [9.17, 15) is 48.3 Å². The number of benzene rings is 1. The van der Waals surface area contributed by atoms with Crippen molar-refractivity contribution in [3.05, 3.63) is 54.1 Å². The molecule has 66 heavy (non-hydrogen) atoms. The largest absolute Gasteiger partial charge is 0.481 e. The molecule has 2 heterocycles. The molecule has 9 atom stereocenters. The maximum Gasteiger partial charge on any atom is 0.326 e. The fourth-order valence-electron chi connectivity index (χ4n) is 6.99. The number of carbonyl (C=O) groups is 9. The minimum absolute atomic E-state index is 0.0153. The lowest BCUT2D eigenvalue weighted by Gasteiger charge is -2.31. The molecule has 24 nitrogen and oxygen atoms in total. The number of likely N-dealkylation sites (tertiary alicyclic amines) is 1. The molecule has 7 amide bonds. The molecule has 1 aliphatic heterocycles. The third kappa shape index (κ3) is 16.8. The number of carboxylic acid groups (broad SMARTS) is 2. The Morgan fingerprint density at radius 3 is 2.05 bits per heavy atom. The first-order valence-corrected chi connectivity index (χ1v) is 21.6. The zero-order valence-corrected chi connectivity index (χ0v) is 37.5.